The maximum Gasteiger partial charge on any atom is 0.424 e. The first-order valence-corrected chi connectivity index (χ1v) is 8.26. The maximum atomic E-state index is 12.7. The summed E-state index contributed by atoms with van der Waals surface area (Å²) in [6, 6.07) is 1.40. The molecule has 0 fully saturated rings. The van der Waals surface area contributed by atoms with Crippen LogP contribution in [0.5, 0.6) is 0 Å². The topological polar surface area (TPSA) is 95.0 Å². The molecule has 27 heavy (non-hydrogen) atoms. The molecule has 8 heteroatoms. The fraction of sp³-hybridized carbons (Fsp3) is 0.474. The van der Waals surface area contributed by atoms with E-state index in [0.717, 1.165) is 0 Å². The van der Waals surface area contributed by atoms with E-state index in [9.17, 15) is 14.4 Å². The third-order valence-corrected chi connectivity index (χ3v) is 2.90. The lowest BCUT2D eigenvalue weighted by atomic mass is 10.2. The van der Waals surface area contributed by atoms with Crippen molar-refractivity contribution in [1.82, 2.24) is 4.98 Å². The molecule has 1 rings (SSSR count). The number of anilines is 1. The van der Waals surface area contributed by atoms with Crippen LogP contribution in [0.3, 0.4) is 0 Å². The molecule has 148 valence electrons. The summed E-state index contributed by atoms with van der Waals surface area (Å²) in [5.41, 5.74) is -1.64. The molecule has 0 spiro atoms. The zero-order valence-electron chi connectivity index (χ0n) is 16.8. The summed E-state index contributed by atoms with van der Waals surface area (Å²) in [4.78, 5) is 42.2. The minimum atomic E-state index is -1.01. The van der Waals surface area contributed by atoms with E-state index >= 15 is 0 Å². The molecule has 0 aliphatic heterocycles. The molecular formula is C19H26N2O6. The number of carbonyl (C=O) groups is 3. The summed E-state index contributed by atoms with van der Waals surface area (Å²) < 4.78 is 15.3. The fourth-order valence-electron chi connectivity index (χ4n) is 1.89. The molecule has 0 N–H and O–H groups in total. The fourth-order valence-corrected chi connectivity index (χ4v) is 1.89. The van der Waals surface area contributed by atoms with E-state index in [4.69, 9.17) is 14.2 Å². The maximum absolute atomic E-state index is 12.7. The second-order valence-electron chi connectivity index (χ2n) is 7.63. The predicted molar refractivity (Wildman–Crippen MR) is 101 cm³/mol. The Morgan fingerprint density at radius 1 is 1.04 bits per heavy atom. The molecule has 1 aromatic rings. The minimum absolute atomic E-state index is 0.122. The van der Waals surface area contributed by atoms with Crippen LogP contribution in [-0.2, 0) is 14.2 Å². The van der Waals surface area contributed by atoms with Gasteiger partial charge in [-0.3, -0.25) is 0 Å². The van der Waals surface area contributed by atoms with Crippen molar-refractivity contribution in [3.8, 4) is 0 Å². The van der Waals surface area contributed by atoms with Crippen LogP contribution < -0.4 is 4.90 Å². The molecule has 0 aliphatic carbocycles. The van der Waals surface area contributed by atoms with Crippen molar-refractivity contribution in [2.45, 2.75) is 52.7 Å². The van der Waals surface area contributed by atoms with Gasteiger partial charge in [0.15, 0.2) is 5.69 Å². The smallest absolute Gasteiger partial charge is 0.424 e. The van der Waals surface area contributed by atoms with Crippen molar-refractivity contribution in [3.05, 3.63) is 30.1 Å². The van der Waals surface area contributed by atoms with Gasteiger partial charge in [0.2, 0.25) is 0 Å². The number of imide groups is 1. The molecule has 2 amide bonds. The van der Waals surface area contributed by atoms with Gasteiger partial charge in [-0.2, -0.15) is 4.90 Å². The van der Waals surface area contributed by atoms with Gasteiger partial charge in [-0.05, 0) is 53.2 Å². The Kier molecular flexibility index (Phi) is 6.72. The number of hydrogen-bond donors (Lipinski definition) is 0. The Bertz CT molecular complexity index is 716. The van der Waals surface area contributed by atoms with E-state index in [1.54, 1.807) is 41.5 Å². The van der Waals surface area contributed by atoms with E-state index in [1.165, 1.54) is 25.4 Å². The summed E-state index contributed by atoms with van der Waals surface area (Å²) in [7, 11) is 1.17. The van der Waals surface area contributed by atoms with Crippen molar-refractivity contribution < 1.29 is 28.6 Å². The summed E-state index contributed by atoms with van der Waals surface area (Å²) >= 11 is 0. The average Bonchev–Trinajstić information content (AvgIpc) is 2.50. The molecule has 0 aromatic carbocycles. The molecule has 1 heterocycles. The molecule has 0 radical (unpaired) electrons. The Morgan fingerprint density at radius 3 is 1.89 bits per heavy atom. The summed E-state index contributed by atoms with van der Waals surface area (Å²) in [5.74, 6) is -0.822. The van der Waals surface area contributed by atoms with Crippen LogP contribution in [0.2, 0.25) is 0 Å². The largest absolute Gasteiger partial charge is 0.464 e. The average molecular weight is 378 g/mol. The molecule has 1 aromatic heterocycles. The SMILES string of the molecule is C=Cc1cnc(C(=O)OC)c(N(C(=O)OC(C)(C)C)C(=O)OC(C)(C)C)c1. The highest BCUT2D eigenvalue weighted by Gasteiger charge is 2.36. The van der Waals surface area contributed by atoms with Crippen LogP contribution in [0.1, 0.15) is 57.6 Å². The first-order valence-electron chi connectivity index (χ1n) is 8.26. The van der Waals surface area contributed by atoms with Crippen LogP contribution >= 0.6 is 0 Å². The van der Waals surface area contributed by atoms with Gasteiger partial charge in [0.1, 0.15) is 11.2 Å². The Hall–Kier alpha value is -2.90. The summed E-state index contributed by atoms with van der Waals surface area (Å²) in [6.45, 7) is 13.5. The van der Waals surface area contributed by atoms with E-state index in [1.807, 2.05) is 0 Å². The minimum Gasteiger partial charge on any atom is -0.464 e. The number of methoxy groups -OCH3 is 1. The number of ether oxygens (including phenoxy) is 3. The summed E-state index contributed by atoms with van der Waals surface area (Å²) in [6.07, 6.45) is 0.806. The van der Waals surface area contributed by atoms with Crippen LogP contribution in [0.25, 0.3) is 6.08 Å². The molecule has 0 saturated carbocycles. The Balaban J connectivity index is 3.58. The van der Waals surface area contributed by atoms with E-state index in [-0.39, 0.29) is 11.4 Å². The lowest BCUT2D eigenvalue weighted by Crippen LogP contribution is -2.44. The molecular weight excluding hydrogens is 352 g/mol. The van der Waals surface area contributed by atoms with E-state index < -0.39 is 29.4 Å². The van der Waals surface area contributed by atoms with Gasteiger partial charge < -0.3 is 14.2 Å². The lowest BCUT2D eigenvalue weighted by Gasteiger charge is -2.29. The molecule has 0 unspecified atom stereocenters. The highest BCUT2D eigenvalue weighted by molar-refractivity contribution is 6.13. The van der Waals surface area contributed by atoms with Gasteiger partial charge in [-0.1, -0.05) is 12.7 Å². The zero-order chi connectivity index (χ0) is 21.0. The van der Waals surface area contributed by atoms with Crippen molar-refractivity contribution >= 4 is 29.9 Å². The normalized spacial score (nSPS) is 11.4. The van der Waals surface area contributed by atoms with Gasteiger partial charge in [-0.25, -0.2) is 19.4 Å². The number of carbonyl (C=O) groups excluding carboxylic acids is 3. The number of nitrogens with zero attached hydrogens (tertiary/aromatic N) is 2. The van der Waals surface area contributed by atoms with Crippen LogP contribution in [0.4, 0.5) is 15.3 Å². The highest BCUT2D eigenvalue weighted by Crippen LogP contribution is 2.26. The molecule has 8 nitrogen and oxygen atoms in total. The number of aromatic nitrogens is 1. The van der Waals surface area contributed by atoms with E-state index in [0.29, 0.717) is 10.5 Å². The van der Waals surface area contributed by atoms with E-state index in [2.05, 4.69) is 11.6 Å². The number of amides is 2. The van der Waals surface area contributed by atoms with Crippen molar-refractivity contribution in [2.75, 3.05) is 12.0 Å². The Morgan fingerprint density at radius 2 is 1.52 bits per heavy atom. The summed E-state index contributed by atoms with van der Waals surface area (Å²) in [5, 5.41) is 0. The van der Waals surface area contributed by atoms with Gasteiger partial charge in [0, 0.05) is 6.20 Å². The van der Waals surface area contributed by atoms with Gasteiger partial charge >= 0.3 is 18.2 Å². The number of hydrogen-bond acceptors (Lipinski definition) is 7. The lowest BCUT2D eigenvalue weighted by molar-refractivity contribution is 0.0430. The van der Waals surface area contributed by atoms with Crippen LogP contribution in [0.15, 0.2) is 18.8 Å². The second kappa shape index (κ2) is 8.20. The third kappa shape index (κ3) is 6.40. The van der Waals surface area contributed by atoms with Crippen molar-refractivity contribution in [2.24, 2.45) is 0 Å². The predicted octanol–water partition coefficient (Wildman–Crippen LogP) is 4.19. The van der Waals surface area contributed by atoms with Crippen LogP contribution in [0, 0.1) is 0 Å². The molecule has 0 saturated heterocycles. The molecule has 0 aliphatic rings. The van der Waals surface area contributed by atoms with Crippen molar-refractivity contribution in [3.63, 3.8) is 0 Å². The molecule has 0 atom stereocenters. The first-order chi connectivity index (χ1) is 12.3. The number of esters is 1. The van der Waals surface area contributed by atoms with Gasteiger partial charge in [-0.15, -0.1) is 0 Å². The quantitative estimate of drug-likeness (QED) is 0.575. The molecule has 0 bridgehead atoms. The van der Waals surface area contributed by atoms with Crippen molar-refractivity contribution in [1.29, 1.82) is 0 Å². The zero-order valence-corrected chi connectivity index (χ0v) is 16.8. The van der Waals surface area contributed by atoms with Crippen LogP contribution in [-0.4, -0.2) is 41.5 Å². The number of rotatable bonds is 3. The third-order valence-electron chi connectivity index (χ3n) is 2.90. The second-order valence-corrected chi connectivity index (χ2v) is 7.63. The monoisotopic (exact) mass is 378 g/mol. The van der Waals surface area contributed by atoms with Gasteiger partial charge in [0.05, 0.1) is 12.8 Å². The Labute approximate surface area is 159 Å². The standard InChI is InChI=1S/C19H26N2O6/c1-9-12-10-13(14(20-11-12)15(22)25-8)21(16(23)26-18(2,3)4)17(24)27-19(5,6)7/h9-11H,1H2,2-8H3. The number of pyridine rings is 1. The first kappa shape index (κ1) is 22.1. The highest BCUT2D eigenvalue weighted by atomic mass is 16.6. The van der Waals surface area contributed by atoms with Gasteiger partial charge in [0.25, 0.3) is 0 Å².